The van der Waals surface area contributed by atoms with Gasteiger partial charge in [0.05, 0.1) is 5.52 Å². The van der Waals surface area contributed by atoms with Gasteiger partial charge in [-0.05, 0) is 29.8 Å². The van der Waals surface area contributed by atoms with Crippen LogP contribution in [0.5, 0.6) is 0 Å². The number of hydrogen-bond acceptors (Lipinski definition) is 2. The van der Waals surface area contributed by atoms with Gasteiger partial charge in [-0.1, -0.05) is 60.1 Å². The van der Waals surface area contributed by atoms with Gasteiger partial charge in [0.15, 0.2) is 0 Å². The lowest BCUT2D eigenvalue weighted by molar-refractivity contribution is 1.54. The van der Waals surface area contributed by atoms with Gasteiger partial charge < -0.3 is 0 Å². The van der Waals surface area contributed by atoms with Crippen molar-refractivity contribution >= 4 is 54.1 Å². The van der Waals surface area contributed by atoms with Crippen LogP contribution in [0.25, 0.3) is 42.3 Å². The topological polar surface area (TPSA) is 12.9 Å². The Hall–Kier alpha value is -2.42. The predicted octanol–water partition coefficient (Wildman–Crippen LogP) is 6.92. The van der Waals surface area contributed by atoms with E-state index >= 15 is 0 Å². The first-order valence-electron chi connectivity index (χ1n) is 7.77. The molecule has 0 amide bonds. The molecule has 0 aliphatic carbocycles. The molecular weight excluding hydrogens is 334 g/mol. The average molecular weight is 346 g/mol. The van der Waals surface area contributed by atoms with Crippen LogP contribution in [0.1, 0.15) is 0 Å². The first-order chi connectivity index (χ1) is 11.8. The summed E-state index contributed by atoms with van der Waals surface area (Å²) in [7, 11) is 0. The fourth-order valence-electron chi connectivity index (χ4n) is 3.31. The van der Waals surface area contributed by atoms with E-state index < -0.39 is 0 Å². The van der Waals surface area contributed by atoms with Gasteiger partial charge in [-0.15, -0.1) is 11.3 Å². The molecule has 0 bridgehead atoms. The molecule has 0 atom stereocenters. The number of benzene rings is 3. The van der Waals surface area contributed by atoms with Crippen molar-refractivity contribution in [2.45, 2.75) is 0 Å². The number of fused-ring (bicyclic) bond motifs is 4. The molecule has 0 N–H and O–H groups in total. The van der Waals surface area contributed by atoms with E-state index in [1.54, 1.807) is 11.3 Å². The second kappa shape index (κ2) is 5.30. The van der Waals surface area contributed by atoms with Crippen molar-refractivity contribution < 1.29 is 0 Å². The van der Waals surface area contributed by atoms with E-state index in [0.717, 1.165) is 20.8 Å². The number of hydrogen-bond donors (Lipinski definition) is 0. The second-order valence-electron chi connectivity index (χ2n) is 5.79. The lowest BCUT2D eigenvalue weighted by atomic mass is 9.96. The van der Waals surface area contributed by atoms with Crippen LogP contribution in [-0.4, -0.2) is 4.98 Å². The molecule has 0 aliphatic heterocycles. The van der Waals surface area contributed by atoms with Crippen LogP contribution in [0.4, 0.5) is 0 Å². The van der Waals surface area contributed by atoms with Crippen molar-refractivity contribution in [2.24, 2.45) is 0 Å². The molecule has 0 unspecified atom stereocenters. The summed E-state index contributed by atoms with van der Waals surface area (Å²) in [5.74, 6) is 0. The van der Waals surface area contributed by atoms with Gasteiger partial charge in [0.25, 0.3) is 0 Å². The fraction of sp³-hybridized carbons (Fsp3) is 0. The second-order valence-corrected chi connectivity index (χ2v) is 7.26. The summed E-state index contributed by atoms with van der Waals surface area (Å²) < 4.78 is 1.26. The van der Waals surface area contributed by atoms with Gasteiger partial charge in [0.2, 0.25) is 0 Å². The van der Waals surface area contributed by atoms with E-state index in [1.807, 2.05) is 24.3 Å². The Labute approximate surface area is 148 Å². The minimum Gasteiger partial charge on any atom is -0.237 e. The predicted molar refractivity (Wildman–Crippen MR) is 105 cm³/mol. The highest BCUT2D eigenvalue weighted by Gasteiger charge is 2.16. The molecule has 114 valence electrons. The van der Waals surface area contributed by atoms with E-state index in [0.29, 0.717) is 0 Å². The molecule has 0 spiro atoms. The molecule has 2 aromatic heterocycles. The third-order valence-electron chi connectivity index (χ3n) is 4.34. The van der Waals surface area contributed by atoms with E-state index in [4.69, 9.17) is 16.6 Å². The van der Waals surface area contributed by atoms with Crippen molar-refractivity contribution in [1.29, 1.82) is 0 Å². The fourth-order valence-corrected chi connectivity index (χ4v) is 4.57. The summed E-state index contributed by atoms with van der Waals surface area (Å²) in [5.41, 5.74) is 3.40. The molecule has 0 aliphatic rings. The van der Waals surface area contributed by atoms with Crippen LogP contribution in [0.2, 0.25) is 5.02 Å². The molecule has 3 aromatic carbocycles. The first-order valence-corrected chi connectivity index (χ1v) is 8.96. The minimum atomic E-state index is 0.736. The summed E-state index contributed by atoms with van der Waals surface area (Å²) in [4.78, 5) is 5.98. The molecule has 0 radical (unpaired) electrons. The molecule has 2 heterocycles. The monoisotopic (exact) mass is 345 g/mol. The maximum absolute atomic E-state index is 6.30. The Morgan fingerprint density at radius 2 is 1.58 bits per heavy atom. The minimum absolute atomic E-state index is 0.736. The number of aromatic nitrogens is 1. The standard InChI is InChI=1S/C21H12ClNS/c22-14-10-11-17-16(12-14)19(13-6-2-1-3-7-13)20-15-8-4-5-9-18(15)24-21(20)23-17/h1-12H. The molecule has 5 aromatic rings. The Morgan fingerprint density at radius 3 is 2.46 bits per heavy atom. The Bertz CT molecular complexity index is 1210. The van der Waals surface area contributed by atoms with Crippen LogP contribution in [-0.2, 0) is 0 Å². The number of thiophene rings is 1. The van der Waals surface area contributed by atoms with Gasteiger partial charge in [0.1, 0.15) is 4.83 Å². The van der Waals surface area contributed by atoms with Crippen molar-refractivity contribution in [3.63, 3.8) is 0 Å². The normalized spacial score (nSPS) is 11.5. The molecule has 5 rings (SSSR count). The maximum Gasteiger partial charge on any atom is 0.125 e. The van der Waals surface area contributed by atoms with Crippen LogP contribution < -0.4 is 0 Å². The third-order valence-corrected chi connectivity index (χ3v) is 5.64. The first kappa shape index (κ1) is 14.0. The van der Waals surface area contributed by atoms with E-state index in [2.05, 4.69) is 48.5 Å². The zero-order valence-corrected chi connectivity index (χ0v) is 14.2. The summed E-state index contributed by atoms with van der Waals surface area (Å²) in [6.45, 7) is 0. The molecule has 0 fully saturated rings. The van der Waals surface area contributed by atoms with Crippen molar-refractivity contribution in [1.82, 2.24) is 4.98 Å². The smallest absolute Gasteiger partial charge is 0.125 e. The van der Waals surface area contributed by atoms with Gasteiger partial charge in [-0.25, -0.2) is 4.98 Å². The lowest BCUT2D eigenvalue weighted by Crippen LogP contribution is -1.87. The Kier molecular flexibility index (Phi) is 3.09. The van der Waals surface area contributed by atoms with Gasteiger partial charge in [-0.3, -0.25) is 0 Å². The summed E-state index contributed by atoms with van der Waals surface area (Å²) in [6.07, 6.45) is 0. The third kappa shape index (κ3) is 2.04. The molecule has 24 heavy (non-hydrogen) atoms. The maximum atomic E-state index is 6.30. The Balaban J connectivity index is 2.08. The summed E-state index contributed by atoms with van der Waals surface area (Å²) >= 11 is 8.04. The molecule has 1 nitrogen and oxygen atoms in total. The van der Waals surface area contributed by atoms with E-state index in [9.17, 15) is 0 Å². The van der Waals surface area contributed by atoms with Crippen molar-refractivity contribution in [3.8, 4) is 11.1 Å². The Morgan fingerprint density at radius 1 is 0.792 bits per heavy atom. The zero-order valence-electron chi connectivity index (χ0n) is 12.7. The SMILES string of the molecule is Clc1ccc2nc3sc4ccccc4c3c(-c3ccccc3)c2c1. The number of pyridine rings is 1. The number of halogens is 1. The van der Waals surface area contributed by atoms with E-state index in [1.165, 1.54) is 26.6 Å². The van der Waals surface area contributed by atoms with Gasteiger partial charge in [-0.2, -0.15) is 0 Å². The average Bonchev–Trinajstić information content (AvgIpc) is 2.98. The summed E-state index contributed by atoms with van der Waals surface area (Å²) in [6, 6.07) is 25.0. The highest BCUT2D eigenvalue weighted by Crippen LogP contribution is 2.42. The van der Waals surface area contributed by atoms with Crippen molar-refractivity contribution in [2.75, 3.05) is 0 Å². The van der Waals surface area contributed by atoms with Crippen LogP contribution in [0, 0.1) is 0 Å². The molecule has 3 heteroatoms. The number of rotatable bonds is 1. The highest BCUT2D eigenvalue weighted by molar-refractivity contribution is 7.25. The van der Waals surface area contributed by atoms with Gasteiger partial charge >= 0.3 is 0 Å². The quantitative estimate of drug-likeness (QED) is 0.321. The van der Waals surface area contributed by atoms with Crippen molar-refractivity contribution in [3.05, 3.63) is 77.8 Å². The molecule has 0 saturated carbocycles. The summed E-state index contributed by atoms with van der Waals surface area (Å²) in [5, 5.41) is 4.31. The molecular formula is C21H12ClNS. The lowest BCUT2D eigenvalue weighted by Gasteiger charge is -2.10. The molecule has 0 saturated heterocycles. The van der Waals surface area contributed by atoms with E-state index in [-0.39, 0.29) is 0 Å². The van der Waals surface area contributed by atoms with Gasteiger partial charge in [0, 0.05) is 31.4 Å². The largest absolute Gasteiger partial charge is 0.237 e. The van der Waals surface area contributed by atoms with Crippen LogP contribution in [0.15, 0.2) is 72.8 Å². The van der Waals surface area contributed by atoms with Crippen LogP contribution in [0.3, 0.4) is 0 Å². The number of nitrogens with zero attached hydrogens (tertiary/aromatic N) is 1. The van der Waals surface area contributed by atoms with Crippen LogP contribution >= 0.6 is 22.9 Å². The zero-order chi connectivity index (χ0) is 16.1. The highest BCUT2D eigenvalue weighted by atomic mass is 35.5.